The second-order valence-corrected chi connectivity index (χ2v) is 17.4. The fraction of sp³-hybridized carbons (Fsp3) is 0. The summed E-state index contributed by atoms with van der Waals surface area (Å²) in [6.45, 7) is 0. The number of benzene rings is 10. The molecule has 0 aliphatic rings. The zero-order chi connectivity index (χ0) is 45.0. The number of aromatic nitrogens is 4. The van der Waals surface area contributed by atoms with Gasteiger partial charge in [0.05, 0.1) is 33.5 Å². The first-order valence-corrected chi connectivity index (χ1v) is 23.1. The van der Waals surface area contributed by atoms with E-state index in [1.165, 1.54) is 54.7 Å². The zero-order valence-electron chi connectivity index (χ0n) is 37.0. The first-order valence-electron chi connectivity index (χ1n) is 23.1. The molecule has 0 aliphatic heterocycles. The fourth-order valence-corrected chi connectivity index (χ4v) is 10.1. The van der Waals surface area contributed by atoms with Crippen molar-refractivity contribution in [1.29, 1.82) is 0 Å². The summed E-state index contributed by atoms with van der Waals surface area (Å²) in [4.78, 5) is 10.2. The Morgan fingerprint density at radius 2 is 0.574 bits per heavy atom. The van der Waals surface area contributed by atoms with E-state index in [9.17, 15) is 0 Å². The lowest BCUT2D eigenvalue weighted by atomic mass is 9.97. The van der Waals surface area contributed by atoms with E-state index in [-0.39, 0.29) is 0 Å². The third kappa shape index (κ3) is 6.86. The van der Waals surface area contributed by atoms with E-state index >= 15 is 0 Å². The minimum Gasteiger partial charge on any atom is -0.309 e. The molecule has 0 aliphatic carbocycles. The Balaban J connectivity index is 0.875. The van der Waals surface area contributed by atoms with E-state index in [2.05, 4.69) is 252 Å². The van der Waals surface area contributed by atoms with Gasteiger partial charge in [0.25, 0.3) is 0 Å². The van der Waals surface area contributed by atoms with Crippen LogP contribution in [-0.2, 0) is 0 Å². The number of rotatable bonds is 8. The van der Waals surface area contributed by atoms with Gasteiger partial charge >= 0.3 is 0 Å². The van der Waals surface area contributed by atoms with Crippen molar-refractivity contribution in [1.82, 2.24) is 19.1 Å². The molecule has 13 aromatic rings. The van der Waals surface area contributed by atoms with Gasteiger partial charge in [-0.1, -0.05) is 188 Å². The molecule has 0 fully saturated rings. The minimum atomic E-state index is 0.695. The lowest BCUT2D eigenvalue weighted by molar-refractivity contribution is 1.18. The summed E-state index contributed by atoms with van der Waals surface area (Å²) in [6, 6.07) is 91.2. The van der Waals surface area contributed by atoms with Crippen LogP contribution in [0.25, 0.3) is 122 Å². The van der Waals surface area contributed by atoms with Crippen LogP contribution in [0, 0.1) is 0 Å². The van der Waals surface area contributed by atoms with Gasteiger partial charge in [0.1, 0.15) is 0 Å². The summed E-state index contributed by atoms with van der Waals surface area (Å²) in [5.41, 5.74) is 18.7. The molecule has 0 bridgehead atoms. The Kier molecular flexibility index (Phi) is 9.47. The van der Waals surface area contributed by atoms with Crippen LogP contribution in [0.3, 0.4) is 0 Å². The summed E-state index contributed by atoms with van der Waals surface area (Å²) < 4.78 is 4.82. The second-order valence-electron chi connectivity index (χ2n) is 17.4. The van der Waals surface area contributed by atoms with E-state index in [1.54, 1.807) is 0 Å². The topological polar surface area (TPSA) is 35.6 Å². The quantitative estimate of drug-likeness (QED) is 0.153. The highest BCUT2D eigenvalue weighted by atomic mass is 15.0. The van der Waals surface area contributed by atoms with E-state index in [0.29, 0.717) is 5.82 Å². The molecule has 0 saturated carbocycles. The van der Waals surface area contributed by atoms with Crippen LogP contribution in [0.15, 0.2) is 255 Å². The van der Waals surface area contributed by atoms with Gasteiger partial charge in [0.2, 0.25) is 0 Å². The molecule has 0 saturated heterocycles. The number of fused-ring (bicyclic) bond motifs is 6. The van der Waals surface area contributed by atoms with Gasteiger partial charge in [-0.15, -0.1) is 0 Å². The molecule has 68 heavy (non-hydrogen) atoms. The molecule has 13 rings (SSSR count). The van der Waals surface area contributed by atoms with Crippen LogP contribution in [0.1, 0.15) is 0 Å². The number of hydrogen-bond donors (Lipinski definition) is 0. The summed E-state index contributed by atoms with van der Waals surface area (Å²) in [6.07, 6.45) is 0. The summed E-state index contributed by atoms with van der Waals surface area (Å²) in [7, 11) is 0. The number of para-hydroxylation sites is 3. The molecule has 3 heterocycles. The van der Waals surface area contributed by atoms with Crippen LogP contribution >= 0.6 is 0 Å². The molecule has 0 radical (unpaired) electrons. The molecule has 0 spiro atoms. The van der Waals surface area contributed by atoms with Gasteiger partial charge < -0.3 is 9.13 Å². The van der Waals surface area contributed by atoms with Gasteiger partial charge in [0.15, 0.2) is 5.82 Å². The van der Waals surface area contributed by atoms with Crippen LogP contribution in [0.2, 0.25) is 0 Å². The van der Waals surface area contributed by atoms with Crippen LogP contribution in [-0.4, -0.2) is 19.1 Å². The Labute approximate surface area is 394 Å². The lowest BCUT2D eigenvalue weighted by Crippen LogP contribution is -1.96. The molecule has 0 N–H and O–H groups in total. The molecule has 0 atom stereocenters. The molecule has 4 heteroatoms. The first kappa shape index (κ1) is 39.3. The molecule has 10 aromatic carbocycles. The van der Waals surface area contributed by atoms with Crippen molar-refractivity contribution in [3.63, 3.8) is 0 Å². The van der Waals surface area contributed by atoms with Crippen molar-refractivity contribution in [2.24, 2.45) is 0 Å². The Morgan fingerprint density at radius 1 is 0.221 bits per heavy atom. The van der Waals surface area contributed by atoms with Crippen molar-refractivity contribution in [2.45, 2.75) is 0 Å². The molecule has 0 amide bonds. The average Bonchev–Trinajstić information content (AvgIpc) is 3.94. The van der Waals surface area contributed by atoms with E-state index in [4.69, 9.17) is 9.97 Å². The summed E-state index contributed by atoms with van der Waals surface area (Å²) >= 11 is 0. The highest BCUT2D eigenvalue weighted by Gasteiger charge is 2.17. The lowest BCUT2D eigenvalue weighted by Gasteiger charge is -2.13. The van der Waals surface area contributed by atoms with Crippen molar-refractivity contribution in [2.75, 3.05) is 0 Å². The molecule has 0 unspecified atom stereocenters. The van der Waals surface area contributed by atoms with Crippen LogP contribution in [0.4, 0.5) is 0 Å². The van der Waals surface area contributed by atoms with Crippen LogP contribution in [0.5, 0.6) is 0 Å². The van der Waals surface area contributed by atoms with Gasteiger partial charge in [-0.2, -0.15) is 0 Å². The Bertz CT molecular complexity index is 3920. The standard InChI is InChI=1S/C64H42N4/c1-3-17-43(18-4-1)58-42-59(44-19-5-2-6-20-44)66-64(65-58)51-26-14-23-47(38-51)45-21-13-22-46(37-45)48-24-15-28-53(39-48)68-62-34-12-9-31-56(62)57-36-35-50(41-63(57)68)49-25-16-27-52(40-49)67-60-32-10-7-29-54(60)55-30-8-11-33-61(55)67/h1-42H. The third-order valence-electron chi connectivity index (χ3n) is 13.3. The van der Waals surface area contributed by atoms with E-state index < -0.39 is 0 Å². The largest absolute Gasteiger partial charge is 0.309 e. The van der Waals surface area contributed by atoms with Gasteiger partial charge in [0, 0.05) is 49.6 Å². The van der Waals surface area contributed by atoms with Crippen molar-refractivity contribution in [3.8, 4) is 78.7 Å². The predicted octanol–water partition coefficient (Wildman–Crippen LogP) is 16.7. The average molecular weight is 867 g/mol. The molecular formula is C64H42N4. The maximum atomic E-state index is 5.12. The molecule has 318 valence electrons. The fourth-order valence-electron chi connectivity index (χ4n) is 10.1. The van der Waals surface area contributed by atoms with Crippen molar-refractivity contribution >= 4 is 43.6 Å². The van der Waals surface area contributed by atoms with Gasteiger partial charge in [-0.25, -0.2) is 9.97 Å². The Hall–Kier alpha value is -9.12. The second kappa shape index (κ2) is 16.4. The van der Waals surface area contributed by atoms with Crippen LogP contribution < -0.4 is 0 Å². The monoisotopic (exact) mass is 866 g/mol. The first-order chi connectivity index (χ1) is 33.7. The molecule has 3 aromatic heterocycles. The smallest absolute Gasteiger partial charge is 0.160 e. The minimum absolute atomic E-state index is 0.695. The SMILES string of the molecule is c1ccc(-c2cc(-c3ccccc3)nc(-c3cccc(-c4cccc(-c5cccc(-n6c7ccccc7c7ccc(-c8cccc(-n9c%10ccccc%10c%10ccccc%109)c8)cc76)c5)c4)c3)n2)cc1. The molecular weight excluding hydrogens is 825 g/mol. The summed E-state index contributed by atoms with van der Waals surface area (Å²) in [5.74, 6) is 0.695. The number of hydrogen-bond acceptors (Lipinski definition) is 2. The highest BCUT2D eigenvalue weighted by molar-refractivity contribution is 6.11. The van der Waals surface area contributed by atoms with Crippen molar-refractivity contribution < 1.29 is 0 Å². The summed E-state index contributed by atoms with van der Waals surface area (Å²) in [5, 5.41) is 4.98. The van der Waals surface area contributed by atoms with E-state index in [1.807, 2.05) is 12.1 Å². The van der Waals surface area contributed by atoms with Gasteiger partial charge in [-0.3, -0.25) is 0 Å². The highest BCUT2D eigenvalue weighted by Crippen LogP contribution is 2.39. The number of nitrogens with zero attached hydrogens (tertiary/aromatic N) is 4. The predicted molar refractivity (Wildman–Crippen MR) is 283 cm³/mol. The Morgan fingerprint density at radius 3 is 1.07 bits per heavy atom. The maximum absolute atomic E-state index is 5.12. The normalized spacial score (nSPS) is 11.5. The molecule has 4 nitrogen and oxygen atoms in total. The third-order valence-corrected chi connectivity index (χ3v) is 13.3. The maximum Gasteiger partial charge on any atom is 0.160 e. The van der Waals surface area contributed by atoms with Gasteiger partial charge in [-0.05, 0) is 100 Å². The van der Waals surface area contributed by atoms with E-state index in [0.717, 1.165) is 61.7 Å². The zero-order valence-corrected chi connectivity index (χ0v) is 37.0. The van der Waals surface area contributed by atoms with Crippen molar-refractivity contribution in [3.05, 3.63) is 255 Å².